The van der Waals surface area contributed by atoms with Gasteiger partial charge in [0, 0.05) is 51.6 Å². The lowest BCUT2D eigenvalue weighted by Gasteiger charge is -2.35. The largest absolute Gasteiger partial charge is 0.369 e. The van der Waals surface area contributed by atoms with E-state index in [0.29, 0.717) is 5.69 Å². The van der Waals surface area contributed by atoms with E-state index in [-0.39, 0.29) is 17.3 Å². The van der Waals surface area contributed by atoms with Crippen LogP contribution in [-0.2, 0) is 14.8 Å². The van der Waals surface area contributed by atoms with Gasteiger partial charge in [-0.2, -0.15) is 0 Å². The highest BCUT2D eigenvalue weighted by Gasteiger charge is 2.20. The van der Waals surface area contributed by atoms with Crippen molar-refractivity contribution in [2.45, 2.75) is 11.8 Å². The van der Waals surface area contributed by atoms with Crippen LogP contribution in [0, 0.1) is 6.92 Å². The van der Waals surface area contributed by atoms with E-state index >= 15 is 0 Å². The summed E-state index contributed by atoms with van der Waals surface area (Å²) in [6, 6.07) is 14.8. The van der Waals surface area contributed by atoms with Gasteiger partial charge in [0.05, 0.1) is 11.4 Å². The van der Waals surface area contributed by atoms with Crippen molar-refractivity contribution < 1.29 is 13.2 Å². The van der Waals surface area contributed by atoms with E-state index in [4.69, 9.17) is 0 Å². The molecule has 0 spiro atoms. The van der Waals surface area contributed by atoms with Gasteiger partial charge in [-0.3, -0.25) is 9.69 Å². The van der Waals surface area contributed by atoms with Crippen molar-refractivity contribution in [3.8, 4) is 0 Å². The number of sulfonamides is 1. The van der Waals surface area contributed by atoms with Gasteiger partial charge in [0.2, 0.25) is 15.9 Å². The summed E-state index contributed by atoms with van der Waals surface area (Å²) in [6.07, 6.45) is 0. The van der Waals surface area contributed by atoms with Crippen molar-refractivity contribution in [2.24, 2.45) is 0 Å². The van der Waals surface area contributed by atoms with Crippen LogP contribution in [0.1, 0.15) is 5.56 Å². The first-order valence-electron chi connectivity index (χ1n) is 9.62. The Morgan fingerprint density at radius 3 is 2.38 bits per heavy atom. The highest BCUT2D eigenvalue weighted by atomic mass is 32.2. The first kappa shape index (κ1) is 21.3. The molecule has 2 aromatic carbocycles. The molecule has 3 rings (SSSR count). The molecule has 0 aromatic heterocycles. The van der Waals surface area contributed by atoms with Crippen molar-refractivity contribution in [1.29, 1.82) is 0 Å². The third kappa shape index (κ3) is 5.35. The van der Waals surface area contributed by atoms with Gasteiger partial charge in [-0.15, -0.1) is 0 Å². The maximum atomic E-state index is 12.4. The minimum Gasteiger partial charge on any atom is -0.369 e. The fraction of sp³-hybridized carbons (Fsp3) is 0.381. The van der Waals surface area contributed by atoms with E-state index in [1.165, 1.54) is 37.5 Å². The Hall–Kier alpha value is -2.42. The van der Waals surface area contributed by atoms with Crippen LogP contribution >= 0.6 is 0 Å². The summed E-state index contributed by atoms with van der Waals surface area (Å²) < 4.78 is 25.7. The Balaban J connectivity index is 1.54. The standard InChI is InChI=1S/C21H28N4O3S/c1-17-6-4-8-19(14-17)25-12-10-24(11-13-25)16-21(26)22-18-7-5-9-20(15-18)29(27,28)23(2)3/h4-9,14-15H,10-13,16H2,1-3H3,(H,22,26). The normalized spacial score (nSPS) is 15.5. The molecule has 0 atom stereocenters. The number of aryl methyl sites for hydroxylation is 1. The molecule has 7 nitrogen and oxygen atoms in total. The fourth-order valence-corrected chi connectivity index (χ4v) is 4.29. The van der Waals surface area contributed by atoms with Crippen LogP contribution in [-0.4, -0.2) is 70.3 Å². The Kier molecular flexibility index (Phi) is 6.56. The van der Waals surface area contributed by atoms with Gasteiger partial charge in [-0.1, -0.05) is 18.2 Å². The number of carbonyl (C=O) groups excluding carboxylic acids is 1. The molecule has 1 N–H and O–H groups in total. The van der Waals surface area contributed by atoms with Gasteiger partial charge in [0.25, 0.3) is 0 Å². The summed E-state index contributed by atoms with van der Waals surface area (Å²) in [7, 11) is -0.566. The van der Waals surface area contributed by atoms with E-state index in [2.05, 4.69) is 46.3 Å². The lowest BCUT2D eigenvalue weighted by molar-refractivity contribution is -0.117. The van der Waals surface area contributed by atoms with E-state index in [1.807, 2.05) is 0 Å². The van der Waals surface area contributed by atoms with Gasteiger partial charge < -0.3 is 10.2 Å². The quantitative estimate of drug-likeness (QED) is 0.780. The van der Waals surface area contributed by atoms with Gasteiger partial charge in [-0.05, 0) is 42.8 Å². The number of hydrogen-bond donors (Lipinski definition) is 1. The smallest absolute Gasteiger partial charge is 0.242 e. The summed E-state index contributed by atoms with van der Waals surface area (Å²) in [5.41, 5.74) is 2.94. The third-order valence-electron chi connectivity index (χ3n) is 5.00. The van der Waals surface area contributed by atoms with Crippen LogP contribution < -0.4 is 10.2 Å². The predicted molar refractivity (Wildman–Crippen MR) is 116 cm³/mol. The Morgan fingerprint density at radius 2 is 1.72 bits per heavy atom. The van der Waals surface area contributed by atoms with Crippen LogP contribution in [0.2, 0.25) is 0 Å². The summed E-state index contributed by atoms with van der Waals surface area (Å²) in [6.45, 7) is 5.71. The molecule has 8 heteroatoms. The number of benzene rings is 2. The lowest BCUT2D eigenvalue weighted by atomic mass is 10.2. The van der Waals surface area contributed by atoms with E-state index in [9.17, 15) is 13.2 Å². The van der Waals surface area contributed by atoms with E-state index < -0.39 is 10.0 Å². The topological polar surface area (TPSA) is 73.0 Å². The molecular formula is C21H28N4O3S. The van der Waals surface area contributed by atoms with Crippen LogP contribution in [0.4, 0.5) is 11.4 Å². The molecule has 1 fully saturated rings. The first-order valence-corrected chi connectivity index (χ1v) is 11.1. The highest BCUT2D eigenvalue weighted by Crippen LogP contribution is 2.19. The highest BCUT2D eigenvalue weighted by molar-refractivity contribution is 7.89. The molecule has 1 amide bonds. The number of nitrogens with zero attached hydrogens (tertiary/aromatic N) is 3. The molecule has 1 heterocycles. The molecule has 0 bridgehead atoms. The second-order valence-corrected chi connectivity index (χ2v) is 9.62. The van der Waals surface area contributed by atoms with Crippen molar-refractivity contribution in [3.63, 3.8) is 0 Å². The van der Waals surface area contributed by atoms with Crippen LogP contribution in [0.15, 0.2) is 53.4 Å². The zero-order valence-corrected chi connectivity index (χ0v) is 17.9. The number of hydrogen-bond acceptors (Lipinski definition) is 5. The number of nitrogens with one attached hydrogen (secondary N) is 1. The molecule has 1 saturated heterocycles. The molecular weight excluding hydrogens is 388 g/mol. The zero-order valence-electron chi connectivity index (χ0n) is 17.1. The van der Waals surface area contributed by atoms with E-state index in [1.54, 1.807) is 12.1 Å². The maximum Gasteiger partial charge on any atom is 0.242 e. The molecule has 0 radical (unpaired) electrons. The average Bonchev–Trinajstić information content (AvgIpc) is 2.68. The summed E-state index contributed by atoms with van der Waals surface area (Å²) in [4.78, 5) is 17.0. The minimum atomic E-state index is -3.53. The molecule has 1 aliphatic rings. The monoisotopic (exact) mass is 416 g/mol. The molecule has 29 heavy (non-hydrogen) atoms. The number of amides is 1. The molecule has 0 saturated carbocycles. The van der Waals surface area contributed by atoms with Gasteiger partial charge >= 0.3 is 0 Å². The Bertz CT molecular complexity index is 967. The predicted octanol–water partition coefficient (Wildman–Crippen LogP) is 2.01. The van der Waals surface area contributed by atoms with Crippen LogP contribution in [0.3, 0.4) is 0 Å². The summed E-state index contributed by atoms with van der Waals surface area (Å²) in [5.74, 6) is -0.145. The molecule has 0 aliphatic carbocycles. The second-order valence-electron chi connectivity index (χ2n) is 7.47. The first-order chi connectivity index (χ1) is 13.8. The maximum absolute atomic E-state index is 12.4. The van der Waals surface area contributed by atoms with E-state index in [0.717, 1.165) is 30.5 Å². The number of carbonyl (C=O) groups is 1. The second kappa shape index (κ2) is 8.94. The van der Waals surface area contributed by atoms with Crippen molar-refractivity contribution in [3.05, 3.63) is 54.1 Å². The SMILES string of the molecule is Cc1cccc(N2CCN(CC(=O)Nc3cccc(S(=O)(=O)N(C)C)c3)CC2)c1. The third-order valence-corrected chi connectivity index (χ3v) is 6.81. The Labute approximate surface area is 173 Å². The summed E-state index contributed by atoms with van der Waals surface area (Å²) >= 11 is 0. The number of anilines is 2. The van der Waals surface area contributed by atoms with Gasteiger partial charge in [0.1, 0.15) is 0 Å². The van der Waals surface area contributed by atoms with Crippen LogP contribution in [0.25, 0.3) is 0 Å². The molecule has 0 unspecified atom stereocenters. The molecule has 1 aliphatic heterocycles. The molecule has 156 valence electrons. The molecule has 2 aromatic rings. The van der Waals surface area contributed by atoms with Crippen molar-refractivity contribution in [1.82, 2.24) is 9.21 Å². The van der Waals surface area contributed by atoms with Gasteiger partial charge in [-0.25, -0.2) is 12.7 Å². The lowest BCUT2D eigenvalue weighted by Crippen LogP contribution is -2.48. The Morgan fingerprint density at radius 1 is 1.03 bits per heavy atom. The zero-order chi connectivity index (χ0) is 21.0. The van der Waals surface area contributed by atoms with Crippen LogP contribution in [0.5, 0.6) is 0 Å². The summed E-state index contributed by atoms with van der Waals surface area (Å²) in [5, 5.41) is 2.81. The number of piperazine rings is 1. The van der Waals surface area contributed by atoms with Crippen molar-refractivity contribution >= 4 is 27.3 Å². The number of rotatable bonds is 6. The van der Waals surface area contributed by atoms with Crippen molar-refractivity contribution in [2.75, 3.05) is 57.0 Å². The minimum absolute atomic E-state index is 0.145. The fourth-order valence-electron chi connectivity index (χ4n) is 3.34. The average molecular weight is 417 g/mol. The van der Waals surface area contributed by atoms with Gasteiger partial charge in [0.15, 0.2) is 0 Å².